The van der Waals surface area contributed by atoms with E-state index in [-0.39, 0.29) is 22.8 Å². The third kappa shape index (κ3) is 2.99. The number of hydrogen-bond donors (Lipinski definition) is 0. The number of aromatic nitrogens is 2. The lowest BCUT2D eigenvalue weighted by Gasteiger charge is -2.54. The molecule has 4 saturated carbocycles. The molecule has 4 aliphatic rings. The van der Waals surface area contributed by atoms with E-state index in [9.17, 15) is 4.79 Å². The van der Waals surface area contributed by atoms with Gasteiger partial charge < -0.3 is 17.0 Å². The second kappa shape index (κ2) is 6.39. The molecular formula is C21H25BrN2O. The van der Waals surface area contributed by atoms with Gasteiger partial charge in [0.05, 0.1) is 0 Å². The number of Topliss-reactive ketones (excluding diaryl/α,β-unsaturated/α-hetero) is 1. The zero-order chi connectivity index (χ0) is 16.1. The summed E-state index contributed by atoms with van der Waals surface area (Å²) in [4.78, 5) is 12.4. The van der Waals surface area contributed by atoms with Gasteiger partial charge in [-0.2, -0.15) is 0 Å². The first kappa shape index (κ1) is 17.0. The molecule has 0 saturated heterocycles. The molecule has 0 aliphatic heterocycles. The summed E-state index contributed by atoms with van der Waals surface area (Å²) in [6.45, 7) is 0.434. The summed E-state index contributed by atoms with van der Waals surface area (Å²) in [5.41, 5.74) is 1.14. The van der Waals surface area contributed by atoms with Gasteiger partial charge in [0.15, 0.2) is 6.54 Å². The highest BCUT2D eigenvalue weighted by Gasteiger charge is 2.54. The summed E-state index contributed by atoms with van der Waals surface area (Å²) in [6, 6.07) is 9.61. The lowest BCUT2D eigenvalue weighted by molar-refractivity contribution is -0.683. The molecule has 132 valence electrons. The van der Waals surface area contributed by atoms with Crippen LogP contribution in [0.3, 0.4) is 0 Å². The van der Waals surface area contributed by atoms with Crippen LogP contribution in [0.5, 0.6) is 0 Å². The summed E-state index contributed by atoms with van der Waals surface area (Å²) in [5.74, 6) is 3.01. The highest BCUT2D eigenvalue weighted by atomic mass is 79.9. The van der Waals surface area contributed by atoms with Gasteiger partial charge in [0.25, 0.3) is 0 Å². The van der Waals surface area contributed by atoms with E-state index in [0.29, 0.717) is 12.1 Å². The van der Waals surface area contributed by atoms with Crippen LogP contribution in [0.25, 0.3) is 0 Å². The van der Waals surface area contributed by atoms with Crippen molar-refractivity contribution in [2.75, 3.05) is 0 Å². The van der Waals surface area contributed by atoms with Gasteiger partial charge in [-0.05, 0) is 56.3 Å². The van der Waals surface area contributed by atoms with E-state index in [1.54, 1.807) is 0 Å². The third-order valence-corrected chi connectivity index (χ3v) is 6.67. The van der Waals surface area contributed by atoms with Crippen molar-refractivity contribution < 1.29 is 26.3 Å². The predicted octanol–water partition coefficient (Wildman–Crippen LogP) is 0.588. The Labute approximate surface area is 159 Å². The molecule has 0 spiro atoms. The molecule has 4 heteroatoms. The summed E-state index contributed by atoms with van der Waals surface area (Å²) in [5, 5.41) is 0. The normalized spacial score (nSPS) is 32.4. The van der Waals surface area contributed by atoms with Crippen LogP contribution in [-0.2, 0) is 12.1 Å². The Morgan fingerprint density at radius 2 is 1.64 bits per heavy atom. The van der Waals surface area contributed by atoms with Crippen LogP contribution in [0, 0.1) is 17.8 Å². The fourth-order valence-electron chi connectivity index (χ4n) is 6.03. The van der Waals surface area contributed by atoms with E-state index in [1.807, 2.05) is 30.3 Å². The quantitative estimate of drug-likeness (QED) is 0.544. The molecule has 1 aromatic carbocycles. The molecule has 0 radical (unpaired) electrons. The standard InChI is InChI=1S/C21H25N2O.BrH/c24-20(19-4-2-1-3-5-19)14-22-6-7-23(15-22)21-11-16-8-17(12-21)10-18(9-16)13-21;/h1-7,15-18H,8-14H2;1H/q+1;/p-1. The smallest absolute Gasteiger partial charge is 0.244 e. The Kier molecular flexibility index (Phi) is 4.35. The number of rotatable bonds is 4. The van der Waals surface area contributed by atoms with Gasteiger partial charge in [-0.15, -0.1) is 0 Å². The van der Waals surface area contributed by atoms with Crippen molar-refractivity contribution in [2.45, 2.75) is 50.6 Å². The molecule has 4 aliphatic carbocycles. The first-order chi connectivity index (χ1) is 11.7. The zero-order valence-corrected chi connectivity index (χ0v) is 16.1. The fourth-order valence-corrected chi connectivity index (χ4v) is 6.03. The SMILES string of the molecule is O=C(C[n+]1ccn(C23CC4CC(CC(C4)C2)C3)c1)c1ccccc1.[Br-]. The van der Waals surface area contributed by atoms with Crippen LogP contribution in [0.15, 0.2) is 49.1 Å². The average molecular weight is 401 g/mol. The summed E-state index contributed by atoms with van der Waals surface area (Å²) in [7, 11) is 0. The molecule has 1 heterocycles. The van der Waals surface area contributed by atoms with Crippen molar-refractivity contribution in [1.82, 2.24) is 4.57 Å². The van der Waals surface area contributed by atoms with E-state index in [1.165, 1.54) is 38.5 Å². The summed E-state index contributed by atoms with van der Waals surface area (Å²) < 4.78 is 4.52. The largest absolute Gasteiger partial charge is 1.00 e. The maximum Gasteiger partial charge on any atom is 0.244 e. The number of carbonyl (C=O) groups is 1. The van der Waals surface area contributed by atoms with E-state index in [4.69, 9.17) is 0 Å². The molecule has 0 amide bonds. The van der Waals surface area contributed by atoms with Crippen LogP contribution < -0.4 is 21.5 Å². The summed E-state index contributed by atoms with van der Waals surface area (Å²) >= 11 is 0. The number of imidazole rings is 1. The Morgan fingerprint density at radius 1 is 1.04 bits per heavy atom. The van der Waals surface area contributed by atoms with Crippen LogP contribution in [-0.4, -0.2) is 10.4 Å². The second-order valence-electron chi connectivity index (χ2n) is 8.42. The molecule has 3 nitrogen and oxygen atoms in total. The lowest BCUT2D eigenvalue weighted by atomic mass is 9.53. The van der Waals surface area contributed by atoms with Crippen LogP contribution in [0.2, 0.25) is 0 Å². The number of ketones is 1. The van der Waals surface area contributed by atoms with Crippen LogP contribution in [0.4, 0.5) is 0 Å². The van der Waals surface area contributed by atoms with Crippen LogP contribution in [0.1, 0.15) is 48.9 Å². The number of benzene rings is 1. The number of halogens is 1. The van der Waals surface area contributed by atoms with Gasteiger partial charge >= 0.3 is 0 Å². The van der Waals surface area contributed by atoms with Gasteiger partial charge in [0.2, 0.25) is 12.1 Å². The van der Waals surface area contributed by atoms with Gasteiger partial charge in [0, 0.05) is 5.56 Å². The van der Waals surface area contributed by atoms with Gasteiger partial charge in [-0.1, -0.05) is 30.3 Å². The molecule has 0 unspecified atom stereocenters. The Morgan fingerprint density at radius 3 is 2.24 bits per heavy atom. The zero-order valence-electron chi connectivity index (χ0n) is 14.5. The van der Waals surface area contributed by atoms with Gasteiger partial charge in [-0.25, -0.2) is 9.13 Å². The predicted molar refractivity (Wildman–Crippen MR) is 91.5 cm³/mol. The van der Waals surface area contributed by atoms with Crippen molar-refractivity contribution in [3.05, 3.63) is 54.6 Å². The van der Waals surface area contributed by atoms with Crippen molar-refractivity contribution in [3.8, 4) is 0 Å². The Bertz CT molecular complexity index is 732. The highest BCUT2D eigenvalue weighted by molar-refractivity contribution is 5.94. The molecule has 4 bridgehead atoms. The third-order valence-electron chi connectivity index (χ3n) is 6.67. The highest BCUT2D eigenvalue weighted by Crippen LogP contribution is 2.58. The molecule has 6 rings (SSSR count). The van der Waals surface area contributed by atoms with Crippen molar-refractivity contribution in [1.29, 1.82) is 0 Å². The Balaban J connectivity index is 0.00000157. The van der Waals surface area contributed by atoms with Gasteiger partial charge in [-0.3, -0.25) is 4.79 Å². The van der Waals surface area contributed by atoms with Gasteiger partial charge in [0.1, 0.15) is 17.9 Å². The van der Waals surface area contributed by atoms with Crippen molar-refractivity contribution in [3.63, 3.8) is 0 Å². The molecule has 4 fully saturated rings. The molecule has 25 heavy (non-hydrogen) atoms. The number of nitrogens with zero attached hydrogens (tertiary/aromatic N) is 2. The minimum absolute atomic E-state index is 0. The van der Waals surface area contributed by atoms with Crippen molar-refractivity contribution >= 4 is 5.78 Å². The molecule has 1 aromatic heterocycles. The maximum atomic E-state index is 12.4. The summed E-state index contributed by atoms with van der Waals surface area (Å²) in [6.07, 6.45) is 14.9. The molecule has 2 aromatic rings. The maximum absolute atomic E-state index is 12.4. The Hall–Kier alpha value is -1.42. The van der Waals surface area contributed by atoms with E-state index in [2.05, 4.69) is 27.9 Å². The number of hydrogen-bond acceptors (Lipinski definition) is 1. The minimum Gasteiger partial charge on any atom is -1.00 e. The monoisotopic (exact) mass is 400 g/mol. The molecular weight excluding hydrogens is 376 g/mol. The first-order valence-corrected chi connectivity index (χ1v) is 9.36. The van der Waals surface area contributed by atoms with E-state index < -0.39 is 0 Å². The lowest BCUT2D eigenvalue weighted by Crippen LogP contribution is -3.00. The average Bonchev–Trinajstić information content (AvgIpc) is 3.04. The molecule has 0 N–H and O–H groups in total. The second-order valence-corrected chi connectivity index (χ2v) is 8.42. The topological polar surface area (TPSA) is 25.9 Å². The van der Waals surface area contributed by atoms with Crippen LogP contribution >= 0.6 is 0 Å². The number of carbonyl (C=O) groups excluding carboxylic acids is 1. The molecule has 0 atom stereocenters. The fraction of sp³-hybridized carbons (Fsp3) is 0.524. The van der Waals surface area contributed by atoms with E-state index in [0.717, 1.165) is 23.3 Å². The first-order valence-electron chi connectivity index (χ1n) is 9.36. The minimum atomic E-state index is 0. The van der Waals surface area contributed by atoms with Crippen molar-refractivity contribution in [2.24, 2.45) is 17.8 Å². The van der Waals surface area contributed by atoms with E-state index >= 15 is 0 Å².